The zero-order valence-corrected chi connectivity index (χ0v) is 7.38. The van der Waals surface area contributed by atoms with E-state index < -0.39 is 0 Å². The van der Waals surface area contributed by atoms with Crippen LogP contribution in [-0.4, -0.2) is 17.6 Å². The third-order valence-corrected chi connectivity index (χ3v) is 3.02. The summed E-state index contributed by atoms with van der Waals surface area (Å²) in [5.41, 5.74) is 17.6. The molecule has 0 spiro atoms. The van der Waals surface area contributed by atoms with E-state index in [-0.39, 0.29) is 17.6 Å². The lowest BCUT2D eigenvalue weighted by molar-refractivity contribution is 0.185. The van der Waals surface area contributed by atoms with Crippen molar-refractivity contribution in [1.29, 1.82) is 0 Å². The normalized spacial score (nSPS) is 52.6. The van der Waals surface area contributed by atoms with Crippen LogP contribution >= 0.6 is 0 Å². The first-order valence-corrected chi connectivity index (χ1v) is 4.25. The average Bonchev–Trinajstić information content (AvgIpc) is 1.95. The van der Waals surface area contributed by atoms with Gasteiger partial charge in [-0.2, -0.15) is 0 Å². The van der Waals surface area contributed by atoms with E-state index in [1.807, 2.05) is 6.92 Å². The molecule has 0 amide bonds. The number of hydrogen-bond acceptors (Lipinski definition) is 3. The maximum Gasteiger partial charge on any atom is 0.0282 e. The molecule has 0 radical (unpaired) electrons. The lowest BCUT2D eigenvalue weighted by Crippen LogP contribution is -2.62. The quantitative estimate of drug-likeness (QED) is 0.455. The van der Waals surface area contributed by atoms with Gasteiger partial charge in [-0.25, -0.2) is 0 Å². The van der Waals surface area contributed by atoms with Crippen molar-refractivity contribution in [3.05, 3.63) is 0 Å². The zero-order chi connectivity index (χ0) is 8.65. The molecule has 3 nitrogen and oxygen atoms in total. The van der Waals surface area contributed by atoms with Gasteiger partial charge in [-0.1, -0.05) is 6.92 Å². The van der Waals surface area contributed by atoms with Gasteiger partial charge in [0.05, 0.1) is 0 Å². The minimum Gasteiger partial charge on any atom is -0.327 e. The third kappa shape index (κ3) is 1.55. The van der Waals surface area contributed by atoms with Gasteiger partial charge >= 0.3 is 0 Å². The predicted octanol–water partition coefficient (Wildman–Crippen LogP) is -0.212. The molecule has 4 unspecified atom stereocenters. The van der Waals surface area contributed by atoms with Gasteiger partial charge in [0.15, 0.2) is 0 Å². The average molecular weight is 157 g/mol. The lowest BCUT2D eigenvalue weighted by atomic mass is 9.72. The molecule has 0 aromatic carbocycles. The Bertz CT molecular complexity index is 144. The highest BCUT2D eigenvalue weighted by Gasteiger charge is 2.38. The van der Waals surface area contributed by atoms with Gasteiger partial charge < -0.3 is 17.2 Å². The minimum atomic E-state index is -0.213. The highest BCUT2D eigenvalue weighted by atomic mass is 14.9. The Balaban J connectivity index is 2.67. The maximum atomic E-state index is 5.99. The molecule has 0 aromatic rings. The van der Waals surface area contributed by atoms with Gasteiger partial charge in [0.25, 0.3) is 0 Å². The molecule has 0 heterocycles. The second-order valence-electron chi connectivity index (χ2n) is 4.09. The van der Waals surface area contributed by atoms with Crippen LogP contribution in [0.15, 0.2) is 0 Å². The molecule has 0 saturated heterocycles. The fraction of sp³-hybridized carbons (Fsp3) is 1.00. The monoisotopic (exact) mass is 157 g/mol. The fourth-order valence-corrected chi connectivity index (χ4v) is 1.77. The largest absolute Gasteiger partial charge is 0.327 e. The summed E-state index contributed by atoms with van der Waals surface area (Å²) in [5, 5.41) is 0. The second-order valence-corrected chi connectivity index (χ2v) is 4.09. The molecule has 11 heavy (non-hydrogen) atoms. The molecule has 0 aromatic heterocycles. The van der Waals surface area contributed by atoms with Crippen molar-refractivity contribution < 1.29 is 0 Å². The smallest absolute Gasteiger partial charge is 0.0282 e. The summed E-state index contributed by atoms with van der Waals surface area (Å²) in [4.78, 5) is 0. The lowest BCUT2D eigenvalue weighted by Gasteiger charge is -2.43. The van der Waals surface area contributed by atoms with Crippen molar-refractivity contribution >= 4 is 0 Å². The van der Waals surface area contributed by atoms with E-state index in [9.17, 15) is 0 Å². The molecule has 1 rings (SSSR count). The third-order valence-electron chi connectivity index (χ3n) is 3.02. The Morgan fingerprint density at radius 2 is 1.91 bits per heavy atom. The molecule has 3 heteroatoms. The van der Waals surface area contributed by atoms with E-state index >= 15 is 0 Å². The van der Waals surface area contributed by atoms with Crippen molar-refractivity contribution in [2.75, 3.05) is 0 Å². The first-order valence-electron chi connectivity index (χ1n) is 4.25. The van der Waals surface area contributed by atoms with E-state index in [0.717, 1.165) is 12.8 Å². The molecule has 1 aliphatic carbocycles. The van der Waals surface area contributed by atoms with E-state index in [2.05, 4.69) is 6.92 Å². The van der Waals surface area contributed by atoms with E-state index in [1.54, 1.807) is 0 Å². The topological polar surface area (TPSA) is 78.1 Å². The highest BCUT2D eigenvalue weighted by molar-refractivity contribution is 5.00. The summed E-state index contributed by atoms with van der Waals surface area (Å²) in [6, 6.07) is 0.285. The molecule has 1 fully saturated rings. The van der Waals surface area contributed by atoms with Gasteiger partial charge in [0.2, 0.25) is 0 Å². The summed E-state index contributed by atoms with van der Waals surface area (Å²) in [7, 11) is 0. The molecule has 1 saturated carbocycles. The SMILES string of the molecule is CC1C(N)CCC(C)(N)C1N. The van der Waals surface area contributed by atoms with Gasteiger partial charge in [0, 0.05) is 17.6 Å². The van der Waals surface area contributed by atoms with Crippen LogP contribution in [0.3, 0.4) is 0 Å². The Morgan fingerprint density at radius 3 is 2.36 bits per heavy atom. The Labute approximate surface area is 68.3 Å². The standard InChI is InChI=1S/C8H19N3/c1-5-6(9)3-4-8(2,11)7(5)10/h5-7H,3-4,9-11H2,1-2H3. The maximum absolute atomic E-state index is 5.99. The van der Waals surface area contributed by atoms with E-state index in [0.29, 0.717) is 5.92 Å². The van der Waals surface area contributed by atoms with Crippen molar-refractivity contribution in [1.82, 2.24) is 0 Å². The number of rotatable bonds is 0. The summed E-state index contributed by atoms with van der Waals surface area (Å²) in [6.45, 7) is 4.10. The predicted molar refractivity (Wildman–Crippen MR) is 46.9 cm³/mol. The van der Waals surface area contributed by atoms with Crippen LogP contribution in [0.25, 0.3) is 0 Å². The van der Waals surface area contributed by atoms with E-state index in [4.69, 9.17) is 17.2 Å². The molecular weight excluding hydrogens is 138 g/mol. The van der Waals surface area contributed by atoms with Crippen molar-refractivity contribution in [2.45, 2.75) is 44.3 Å². The second kappa shape index (κ2) is 2.73. The molecular formula is C8H19N3. The van der Waals surface area contributed by atoms with Crippen molar-refractivity contribution in [3.63, 3.8) is 0 Å². The van der Waals surface area contributed by atoms with Crippen LogP contribution in [-0.2, 0) is 0 Å². The Hall–Kier alpha value is -0.120. The molecule has 6 N–H and O–H groups in total. The molecule has 4 atom stereocenters. The molecule has 66 valence electrons. The van der Waals surface area contributed by atoms with Gasteiger partial charge in [0.1, 0.15) is 0 Å². The van der Waals surface area contributed by atoms with Gasteiger partial charge in [-0.3, -0.25) is 0 Å². The summed E-state index contributed by atoms with van der Waals surface area (Å²) in [6.07, 6.45) is 1.95. The van der Waals surface area contributed by atoms with Gasteiger partial charge in [-0.05, 0) is 25.7 Å². The number of nitrogens with two attached hydrogens (primary N) is 3. The highest BCUT2D eigenvalue weighted by Crippen LogP contribution is 2.28. The summed E-state index contributed by atoms with van der Waals surface area (Å²) in [5.74, 6) is 0.346. The van der Waals surface area contributed by atoms with Gasteiger partial charge in [-0.15, -0.1) is 0 Å². The first-order chi connectivity index (χ1) is 4.95. The molecule has 0 bridgehead atoms. The Morgan fingerprint density at radius 1 is 1.36 bits per heavy atom. The van der Waals surface area contributed by atoms with E-state index in [1.165, 1.54) is 0 Å². The first kappa shape index (κ1) is 8.97. The van der Waals surface area contributed by atoms with Crippen LogP contribution in [0.1, 0.15) is 26.7 Å². The summed E-state index contributed by atoms with van der Waals surface area (Å²) < 4.78 is 0. The minimum absolute atomic E-state index is 0.0475. The van der Waals surface area contributed by atoms with Crippen LogP contribution in [0.4, 0.5) is 0 Å². The summed E-state index contributed by atoms with van der Waals surface area (Å²) >= 11 is 0. The van der Waals surface area contributed by atoms with Crippen molar-refractivity contribution in [3.8, 4) is 0 Å². The van der Waals surface area contributed by atoms with Crippen LogP contribution in [0.5, 0.6) is 0 Å². The zero-order valence-electron chi connectivity index (χ0n) is 7.38. The fourth-order valence-electron chi connectivity index (χ4n) is 1.77. The molecule has 0 aliphatic heterocycles. The van der Waals surface area contributed by atoms with Crippen LogP contribution < -0.4 is 17.2 Å². The van der Waals surface area contributed by atoms with Crippen LogP contribution in [0.2, 0.25) is 0 Å². The number of hydrogen-bond donors (Lipinski definition) is 3. The van der Waals surface area contributed by atoms with Crippen molar-refractivity contribution in [2.24, 2.45) is 23.1 Å². The molecule has 1 aliphatic rings. The Kier molecular flexibility index (Phi) is 2.23. The van der Waals surface area contributed by atoms with Crippen LogP contribution in [0, 0.1) is 5.92 Å².